The molecule has 106 valence electrons. The summed E-state index contributed by atoms with van der Waals surface area (Å²) in [5, 5.41) is 5.90. The third-order valence-electron chi connectivity index (χ3n) is 4.73. The van der Waals surface area contributed by atoms with Crippen LogP contribution in [0.2, 0.25) is 0 Å². The highest BCUT2D eigenvalue weighted by atomic mass is 32.1. The molecule has 2 aromatic heterocycles. The van der Waals surface area contributed by atoms with Crippen molar-refractivity contribution in [2.45, 2.75) is 51.1 Å². The van der Waals surface area contributed by atoms with E-state index in [1.807, 2.05) is 11.3 Å². The molecule has 0 spiro atoms. The van der Waals surface area contributed by atoms with Crippen LogP contribution < -0.4 is 5.32 Å². The van der Waals surface area contributed by atoms with E-state index >= 15 is 0 Å². The molecule has 0 saturated heterocycles. The van der Waals surface area contributed by atoms with Gasteiger partial charge in [-0.2, -0.15) is 0 Å². The predicted octanol–water partition coefficient (Wildman–Crippen LogP) is 4.63. The molecule has 1 saturated carbocycles. The highest BCUT2D eigenvalue weighted by Crippen LogP contribution is 2.47. The minimum Gasteiger partial charge on any atom is -0.464 e. The zero-order valence-corrected chi connectivity index (χ0v) is 12.7. The van der Waals surface area contributed by atoms with E-state index in [0.717, 1.165) is 18.2 Å². The molecule has 2 aliphatic rings. The average molecular weight is 287 g/mol. The highest BCUT2D eigenvalue weighted by Gasteiger charge is 2.36. The van der Waals surface area contributed by atoms with E-state index in [1.54, 1.807) is 4.88 Å². The summed E-state index contributed by atoms with van der Waals surface area (Å²) in [7, 11) is 0. The molecule has 2 nitrogen and oxygen atoms in total. The lowest BCUT2D eigenvalue weighted by Crippen LogP contribution is -2.23. The van der Waals surface area contributed by atoms with Crippen molar-refractivity contribution in [3.8, 4) is 0 Å². The summed E-state index contributed by atoms with van der Waals surface area (Å²) < 4.78 is 5.98. The zero-order valence-electron chi connectivity index (χ0n) is 11.9. The average Bonchev–Trinajstić information content (AvgIpc) is 2.91. The van der Waals surface area contributed by atoms with Crippen LogP contribution in [0.15, 0.2) is 28.0 Å². The second-order valence-electron chi connectivity index (χ2n) is 6.25. The van der Waals surface area contributed by atoms with E-state index in [-0.39, 0.29) is 0 Å². The first kappa shape index (κ1) is 12.7. The number of nitrogens with one attached hydrogen (secondary N) is 1. The number of rotatable bonds is 4. The zero-order chi connectivity index (χ0) is 13.5. The van der Waals surface area contributed by atoms with Crippen molar-refractivity contribution in [3.63, 3.8) is 0 Å². The quantitative estimate of drug-likeness (QED) is 0.886. The summed E-state index contributed by atoms with van der Waals surface area (Å²) in [5.74, 6) is 3.77. The molecule has 4 rings (SSSR count). The third-order valence-corrected chi connectivity index (χ3v) is 5.73. The van der Waals surface area contributed by atoms with Gasteiger partial charge in [-0.25, -0.2) is 0 Å². The van der Waals surface area contributed by atoms with Crippen LogP contribution in [0, 0.1) is 5.92 Å². The van der Waals surface area contributed by atoms with E-state index in [0.29, 0.717) is 12.0 Å². The highest BCUT2D eigenvalue weighted by molar-refractivity contribution is 7.10. The van der Waals surface area contributed by atoms with Crippen LogP contribution in [0.25, 0.3) is 0 Å². The van der Waals surface area contributed by atoms with Crippen LogP contribution >= 0.6 is 11.3 Å². The number of furan rings is 1. The second-order valence-corrected chi connectivity index (χ2v) is 7.25. The second kappa shape index (κ2) is 5.05. The Bertz CT molecular complexity index is 600. The summed E-state index contributed by atoms with van der Waals surface area (Å²) in [4.78, 5) is 1.57. The molecule has 1 N–H and O–H groups in total. The number of fused-ring (bicyclic) bond motifs is 1. The van der Waals surface area contributed by atoms with Gasteiger partial charge >= 0.3 is 0 Å². The first-order valence-electron chi connectivity index (χ1n) is 7.69. The van der Waals surface area contributed by atoms with Crippen molar-refractivity contribution in [2.75, 3.05) is 0 Å². The van der Waals surface area contributed by atoms with Crippen molar-refractivity contribution in [1.82, 2.24) is 5.32 Å². The maximum absolute atomic E-state index is 5.98. The van der Waals surface area contributed by atoms with Crippen molar-refractivity contribution in [1.29, 1.82) is 0 Å². The van der Waals surface area contributed by atoms with Gasteiger partial charge in [-0.15, -0.1) is 11.3 Å². The van der Waals surface area contributed by atoms with Gasteiger partial charge in [0.25, 0.3) is 0 Å². The molecule has 1 fully saturated rings. The van der Waals surface area contributed by atoms with Gasteiger partial charge in [0, 0.05) is 16.8 Å². The first-order valence-corrected chi connectivity index (χ1v) is 8.57. The van der Waals surface area contributed by atoms with Gasteiger partial charge in [0.15, 0.2) is 0 Å². The van der Waals surface area contributed by atoms with E-state index in [4.69, 9.17) is 4.42 Å². The normalized spacial score (nSPS) is 28.4. The Hall–Kier alpha value is -1.06. The monoisotopic (exact) mass is 287 g/mol. The molecule has 3 heteroatoms. The Morgan fingerprint density at radius 1 is 1.35 bits per heavy atom. The Morgan fingerprint density at radius 3 is 3.10 bits per heavy atom. The first-order chi connectivity index (χ1) is 9.81. The van der Waals surface area contributed by atoms with Crippen LogP contribution in [0.1, 0.15) is 60.1 Å². The van der Waals surface area contributed by atoms with Crippen molar-refractivity contribution < 1.29 is 4.42 Å². The van der Waals surface area contributed by atoms with E-state index in [1.165, 1.54) is 37.0 Å². The molecule has 2 aliphatic carbocycles. The van der Waals surface area contributed by atoms with Gasteiger partial charge in [-0.1, -0.05) is 6.92 Å². The van der Waals surface area contributed by atoms with Crippen molar-refractivity contribution in [3.05, 3.63) is 45.5 Å². The van der Waals surface area contributed by atoms with Gasteiger partial charge < -0.3 is 9.73 Å². The van der Waals surface area contributed by atoms with Crippen molar-refractivity contribution in [2.24, 2.45) is 5.92 Å². The fourth-order valence-electron chi connectivity index (χ4n) is 3.33. The SMILES string of the molecule is CC1CC1c1ccc(CNC2CCCc3sccc32)o1. The smallest absolute Gasteiger partial charge is 0.117 e. The predicted molar refractivity (Wildman–Crippen MR) is 82.1 cm³/mol. The van der Waals surface area contributed by atoms with E-state index < -0.39 is 0 Å². The molecule has 0 radical (unpaired) electrons. The Kier molecular flexibility index (Phi) is 3.20. The number of hydrogen-bond donors (Lipinski definition) is 1. The lowest BCUT2D eigenvalue weighted by atomic mass is 9.94. The molecule has 0 bridgehead atoms. The minimum atomic E-state index is 0.512. The molecule has 2 heterocycles. The molecular formula is C17H21NOS. The van der Waals surface area contributed by atoms with Crippen molar-refractivity contribution >= 4 is 11.3 Å². The third kappa shape index (κ3) is 2.33. The number of thiophene rings is 1. The van der Waals surface area contributed by atoms with Gasteiger partial charge in [0.2, 0.25) is 0 Å². The molecule has 0 aromatic carbocycles. The fraction of sp³-hybridized carbons (Fsp3) is 0.529. The van der Waals surface area contributed by atoms with E-state index in [2.05, 4.69) is 35.8 Å². The van der Waals surface area contributed by atoms with Crippen LogP contribution in [0.4, 0.5) is 0 Å². The standard InChI is InChI=1S/C17H21NOS/c1-11-9-14(11)16-6-5-12(19-16)10-18-15-3-2-4-17-13(15)7-8-20-17/h5-8,11,14-15,18H,2-4,9-10H2,1H3. The Morgan fingerprint density at radius 2 is 2.25 bits per heavy atom. The summed E-state index contributed by atoms with van der Waals surface area (Å²) in [5.41, 5.74) is 1.52. The van der Waals surface area contributed by atoms with Crippen LogP contribution in [0.3, 0.4) is 0 Å². The van der Waals surface area contributed by atoms with Crippen LogP contribution in [-0.2, 0) is 13.0 Å². The topological polar surface area (TPSA) is 25.2 Å². The molecular weight excluding hydrogens is 266 g/mol. The molecule has 0 aliphatic heterocycles. The summed E-state index contributed by atoms with van der Waals surface area (Å²) in [6.45, 7) is 3.15. The summed E-state index contributed by atoms with van der Waals surface area (Å²) >= 11 is 1.90. The Labute approximate surface area is 124 Å². The van der Waals surface area contributed by atoms with Gasteiger partial charge in [-0.3, -0.25) is 0 Å². The molecule has 3 atom stereocenters. The number of hydrogen-bond acceptors (Lipinski definition) is 3. The largest absolute Gasteiger partial charge is 0.464 e. The Balaban J connectivity index is 1.40. The fourth-order valence-corrected chi connectivity index (χ4v) is 4.32. The summed E-state index contributed by atoms with van der Waals surface area (Å²) in [6, 6.07) is 7.11. The molecule has 3 unspecified atom stereocenters. The molecule has 2 aromatic rings. The lowest BCUT2D eigenvalue weighted by Gasteiger charge is -2.23. The van der Waals surface area contributed by atoms with Crippen LogP contribution in [0.5, 0.6) is 0 Å². The van der Waals surface area contributed by atoms with Gasteiger partial charge in [0.05, 0.1) is 6.54 Å². The van der Waals surface area contributed by atoms with E-state index in [9.17, 15) is 0 Å². The van der Waals surface area contributed by atoms with Crippen LogP contribution in [-0.4, -0.2) is 0 Å². The summed E-state index contributed by atoms with van der Waals surface area (Å²) in [6.07, 6.45) is 5.10. The van der Waals surface area contributed by atoms with Gasteiger partial charge in [-0.05, 0) is 60.7 Å². The van der Waals surface area contributed by atoms with Gasteiger partial charge in [0.1, 0.15) is 11.5 Å². The maximum Gasteiger partial charge on any atom is 0.117 e. The maximum atomic E-state index is 5.98. The molecule has 0 amide bonds. The number of aryl methyl sites for hydroxylation is 1. The lowest BCUT2D eigenvalue weighted by molar-refractivity contribution is 0.404. The minimum absolute atomic E-state index is 0.512. The molecule has 20 heavy (non-hydrogen) atoms.